The van der Waals surface area contributed by atoms with Gasteiger partial charge in [0.1, 0.15) is 0 Å². The number of nitrogens with zero attached hydrogens (tertiary/aromatic N) is 5. The maximum atomic E-state index is 13.7. The molecule has 1 aliphatic rings. The van der Waals surface area contributed by atoms with Crippen molar-refractivity contribution in [3.63, 3.8) is 0 Å². The molecule has 4 heterocycles. The summed E-state index contributed by atoms with van der Waals surface area (Å²) in [6.07, 6.45) is 0.850. The molecule has 0 aromatic carbocycles. The normalized spacial score (nSPS) is 17.6. The Labute approximate surface area is 170 Å². The zero-order valence-electron chi connectivity index (χ0n) is 16.5. The average Bonchev–Trinajstić information content (AvgIpc) is 3.40. The number of hydrogen-bond donors (Lipinski definition) is 0. The summed E-state index contributed by atoms with van der Waals surface area (Å²) in [5.41, 5.74) is -0.338. The fourth-order valence-electron chi connectivity index (χ4n) is 3.94. The van der Waals surface area contributed by atoms with Crippen molar-refractivity contribution in [2.75, 3.05) is 13.1 Å². The predicted molar refractivity (Wildman–Crippen MR) is 102 cm³/mol. The summed E-state index contributed by atoms with van der Waals surface area (Å²) < 4.78 is 48.1. The molecule has 160 valence electrons. The van der Waals surface area contributed by atoms with Crippen LogP contribution in [0.15, 0.2) is 29.0 Å². The maximum Gasteiger partial charge on any atom is 0.417 e. The van der Waals surface area contributed by atoms with E-state index in [0.717, 1.165) is 6.07 Å². The number of aryl methyl sites for hydroxylation is 2. The Hall–Kier alpha value is -2.91. The minimum atomic E-state index is -4.54. The number of alkyl halides is 3. The van der Waals surface area contributed by atoms with Gasteiger partial charge in [-0.2, -0.15) is 18.3 Å². The number of carbonyl (C=O) groups excluding carboxylic acids is 1. The van der Waals surface area contributed by atoms with Crippen LogP contribution in [0.2, 0.25) is 0 Å². The van der Waals surface area contributed by atoms with E-state index >= 15 is 0 Å². The highest BCUT2D eigenvalue weighted by atomic mass is 19.4. The van der Waals surface area contributed by atoms with Crippen LogP contribution in [-0.2, 0) is 23.9 Å². The Morgan fingerprint density at radius 2 is 2.20 bits per heavy atom. The van der Waals surface area contributed by atoms with Gasteiger partial charge in [0.2, 0.25) is 5.91 Å². The van der Waals surface area contributed by atoms with Gasteiger partial charge < -0.3 is 9.42 Å². The highest BCUT2D eigenvalue weighted by Crippen LogP contribution is 2.40. The summed E-state index contributed by atoms with van der Waals surface area (Å²) in [4.78, 5) is 18.5. The first kappa shape index (κ1) is 20.4. The van der Waals surface area contributed by atoms with Crippen LogP contribution in [-0.4, -0.2) is 43.8 Å². The summed E-state index contributed by atoms with van der Waals surface area (Å²) in [6.45, 7) is 3.09. The summed E-state index contributed by atoms with van der Waals surface area (Å²) in [5.74, 6) is -0.380. The Balaban J connectivity index is 1.58. The molecule has 1 fully saturated rings. The molecule has 0 aliphatic carbocycles. The van der Waals surface area contributed by atoms with Crippen molar-refractivity contribution < 1.29 is 22.5 Å². The molecular weight excluding hydrogens is 399 g/mol. The number of fused-ring (bicyclic) bond motifs is 1. The first-order chi connectivity index (χ1) is 14.4. The lowest BCUT2D eigenvalue weighted by Gasteiger charge is -2.32. The zero-order valence-corrected chi connectivity index (χ0v) is 16.5. The Morgan fingerprint density at radius 3 is 2.90 bits per heavy atom. The molecule has 0 bridgehead atoms. The van der Waals surface area contributed by atoms with Crippen LogP contribution in [0, 0.1) is 0 Å². The van der Waals surface area contributed by atoms with Gasteiger partial charge in [-0.05, 0) is 31.4 Å². The van der Waals surface area contributed by atoms with E-state index in [2.05, 4.69) is 15.2 Å². The number of halogens is 3. The predicted octanol–water partition coefficient (Wildman–Crippen LogP) is 3.80. The van der Waals surface area contributed by atoms with Gasteiger partial charge in [-0.25, -0.2) is 4.98 Å². The van der Waals surface area contributed by atoms with E-state index in [-0.39, 0.29) is 35.0 Å². The maximum absolute atomic E-state index is 13.7. The topological polar surface area (TPSA) is 77.0 Å². The monoisotopic (exact) mass is 421 g/mol. The van der Waals surface area contributed by atoms with Gasteiger partial charge in [-0.1, -0.05) is 12.1 Å². The van der Waals surface area contributed by atoms with E-state index in [9.17, 15) is 18.0 Å². The van der Waals surface area contributed by atoms with Crippen molar-refractivity contribution in [1.29, 1.82) is 0 Å². The third-order valence-corrected chi connectivity index (χ3v) is 5.47. The van der Waals surface area contributed by atoms with Gasteiger partial charge in [-0.15, -0.1) is 0 Å². The summed E-state index contributed by atoms with van der Waals surface area (Å²) in [5, 5.41) is 7.95. The first-order valence-corrected chi connectivity index (χ1v) is 9.98. The average molecular weight is 421 g/mol. The SMILES string of the molecule is CCc1cc(C(F)(F)F)c2c([C@@H]3CCCN(C(=O)CCn4cccn4)C3)noc2n1. The van der Waals surface area contributed by atoms with E-state index < -0.39 is 11.7 Å². The number of aromatic nitrogens is 4. The van der Waals surface area contributed by atoms with E-state index in [1.54, 1.807) is 35.0 Å². The molecule has 0 unspecified atom stereocenters. The fourth-order valence-corrected chi connectivity index (χ4v) is 3.94. The molecule has 1 saturated heterocycles. The molecule has 4 rings (SSSR count). The molecule has 0 N–H and O–H groups in total. The van der Waals surface area contributed by atoms with Crippen LogP contribution >= 0.6 is 0 Å². The lowest BCUT2D eigenvalue weighted by atomic mass is 9.91. The second-order valence-electron chi connectivity index (χ2n) is 7.46. The van der Waals surface area contributed by atoms with Crippen LogP contribution in [0.25, 0.3) is 11.1 Å². The summed E-state index contributed by atoms with van der Waals surface area (Å²) in [7, 11) is 0. The van der Waals surface area contributed by atoms with Gasteiger partial charge in [0, 0.05) is 50.1 Å². The fraction of sp³-hybridized carbons (Fsp3) is 0.500. The molecule has 10 heteroatoms. The smallest absolute Gasteiger partial charge is 0.342 e. The Morgan fingerprint density at radius 1 is 1.37 bits per heavy atom. The number of likely N-dealkylation sites (tertiary alicyclic amines) is 1. The molecule has 0 radical (unpaired) electrons. The number of carbonyl (C=O) groups is 1. The van der Waals surface area contributed by atoms with Crippen molar-refractivity contribution in [3.05, 3.63) is 41.5 Å². The summed E-state index contributed by atoms with van der Waals surface area (Å²) in [6, 6.07) is 2.85. The lowest BCUT2D eigenvalue weighted by molar-refractivity contribution is -0.136. The van der Waals surface area contributed by atoms with Crippen molar-refractivity contribution in [1.82, 2.24) is 24.8 Å². The molecule has 0 spiro atoms. The lowest BCUT2D eigenvalue weighted by Crippen LogP contribution is -2.39. The highest BCUT2D eigenvalue weighted by molar-refractivity contribution is 5.82. The third-order valence-electron chi connectivity index (χ3n) is 5.47. The van der Waals surface area contributed by atoms with Crippen LogP contribution < -0.4 is 0 Å². The molecule has 3 aromatic rings. The quantitative estimate of drug-likeness (QED) is 0.626. The molecule has 1 amide bonds. The number of amides is 1. The standard InChI is InChI=1S/C20H22F3N5O2/c1-2-14-11-15(20(21,22)23)17-18(26-30-19(17)25-14)13-5-3-8-27(12-13)16(29)6-10-28-9-4-7-24-28/h4,7,9,11,13H,2-3,5-6,8,10,12H2,1H3/t13-/m1/s1. The van der Waals surface area contributed by atoms with Gasteiger partial charge in [-0.3, -0.25) is 9.48 Å². The second-order valence-corrected chi connectivity index (χ2v) is 7.46. The molecule has 1 aliphatic heterocycles. The van der Waals surface area contributed by atoms with Crippen molar-refractivity contribution in [2.45, 2.75) is 51.2 Å². The Kier molecular flexibility index (Phi) is 5.48. The van der Waals surface area contributed by atoms with Crippen molar-refractivity contribution >= 4 is 17.0 Å². The number of rotatable bonds is 5. The Bertz CT molecular complexity index is 1030. The third kappa shape index (κ3) is 4.03. The van der Waals surface area contributed by atoms with Crippen molar-refractivity contribution in [3.8, 4) is 0 Å². The molecule has 0 saturated carbocycles. The molecule has 30 heavy (non-hydrogen) atoms. The van der Waals surface area contributed by atoms with Crippen molar-refractivity contribution in [2.24, 2.45) is 0 Å². The second kappa shape index (κ2) is 8.08. The van der Waals surface area contributed by atoms with Crippen LogP contribution in [0.3, 0.4) is 0 Å². The van der Waals surface area contributed by atoms with E-state index in [1.807, 2.05) is 0 Å². The van der Waals surface area contributed by atoms with Crippen LogP contribution in [0.4, 0.5) is 13.2 Å². The number of piperidine rings is 1. The van der Waals surface area contributed by atoms with E-state index in [4.69, 9.17) is 4.52 Å². The van der Waals surface area contributed by atoms with Gasteiger partial charge in [0.15, 0.2) is 0 Å². The van der Waals surface area contributed by atoms with Gasteiger partial charge >= 0.3 is 6.18 Å². The van der Waals surface area contributed by atoms with Gasteiger partial charge in [0.05, 0.1) is 16.6 Å². The van der Waals surface area contributed by atoms with E-state index in [0.29, 0.717) is 44.6 Å². The number of hydrogen-bond acceptors (Lipinski definition) is 5. The molecular formula is C20H22F3N5O2. The minimum Gasteiger partial charge on any atom is -0.342 e. The molecule has 3 aromatic heterocycles. The zero-order chi connectivity index (χ0) is 21.3. The summed E-state index contributed by atoms with van der Waals surface area (Å²) >= 11 is 0. The number of pyridine rings is 1. The molecule has 1 atom stereocenters. The highest BCUT2D eigenvalue weighted by Gasteiger charge is 2.38. The van der Waals surface area contributed by atoms with E-state index in [1.165, 1.54) is 0 Å². The molecule has 7 nitrogen and oxygen atoms in total. The van der Waals surface area contributed by atoms with Crippen LogP contribution in [0.1, 0.15) is 49.1 Å². The van der Waals surface area contributed by atoms with Crippen LogP contribution in [0.5, 0.6) is 0 Å². The minimum absolute atomic E-state index is 0.0505. The largest absolute Gasteiger partial charge is 0.417 e. The first-order valence-electron chi connectivity index (χ1n) is 9.98. The van der Waals surface area contributed by atoms with Gasteiger partial charge in [0.25, 0.3) is 5.71 Å².